The van der Waals surface area contributed by atoms with Gasteiger partial charge in [0, 0.05) is 19.1 Å². The summed E-state index contributed by atoms with van der Waals surface area (Å²) >= 11 is 0. The minimum absolute atomic E-state index is 0.253. The first kappa shape index (κ1) is 11.0. The van der Waals surface area contributed by atoms with Crippen molar-refractivity contribution in [1.82, 2.24) is 0 Å². The predicted molar refractivity (Wildman–Crippen MR) is 57.7 cm³/mol. The van der Waals surface area contributed by atoms with E-state index < -0.39 is 0 Å². The van der Waals surface area contributed by atoms with Crippen LogP contribution in [0.4, 0.5) is 0 Å². The van der Waals surface area contributed by atoms with Gasteiger partial charge in [0.2, 0.25) is 6.79 Å². The summed E-state index contributed by atoms with van der Waals surface area (Å²) in [5.41, 5.74) is 2.07. The number of fused-ring (bicyclic) bond motifs is 1. The molecule has 0 amide bonds. The minimum atomic E-state index is 0.253. The Morgan fingerprint density at radius 3 is 3.06 bits per heavy atom. The summed E-state index contributed by atoms with van der Waals surface area (Å²) in [6.45, 7) is 0.726. The monoisotopic (exact) mass is 222 g/mol. The largest absolute Gasteiger partial charge is 0.454 e. The molecule has 0 bridgehead atoms. The zero-order valence-corrected chi connectivity index (χ0v) is 9.19. The molecule has 0 unspecified atom stereocenters. The van der Waals surface area contributed by atoms with Gasteiger partial charge in [0.15, 0.2) is 11.5 Å². The van der Waals surface area contributed by atoms with Crippen LogP contribution in [0.3, 0.4) is 0 Å². The lowest BCUT2D eigenvalue weighted by Crippen LogP contribution is -1.99. The van der Waals surface area contributed by atoms with Gasteiger partial charge in [0.05, 0.1) is 6.61 Å². The Bertz CT molecular complexity index is 387. The van der Waals surface area contributed by atoms with Gasteiger partial charge in [-0.25, -0.2) is 0 Å². The van der Waals surface area contributed by atoms with Crippen molar-refractivity contribution < 1.29 is 19.0 Å². The molecule has 0 aliphatic carbocycles. The molecule has 0 saturated heterocycles. The predicted octanol–water partition coefficient (Wildman–Crippen LogP) is 1.69. The van der Waals surface area contributed by atoms with E-state index in [9.17, 15) is 4.79 Å². The van der Waals surface area contributed by atoms with Crippen LogP contribution in [0.5, 0.6) is 11.5 Å². The van der Waals surface area contributed by atoms with Crippen molar-refractivity contribution in [2.45, 2.75) is 19.4 Å². The molecule has 1 aliphatic rings. The first-order chi connectivity index (χ1) is 7.86. The van der Waals surface area contributed by atoms with Gasteiger partial charge in [0.1, 0.15) is 6.29 Å². The molecule has 0 atom stereocenters. The highest BCUT2D eigenvalue weighted by molar-refractivity contribution is 5.54. The van der Waals surface area contributed by atoms with E-state index in [0.29, 0.717) is 19.4 Å². The van der Waals surface area contributed by atoms with E-state index >= 15 is 0 Å². The van der Waals surface area contributed by atoms with E-state index in [0.717, 1.165) is 28.9 Å². The fraction of sp³-hybridized carbons (Fsp3) is 0.417. The van der Waals surface area contributed by atoms with Crippen LogP contribution >= 0.6 is 0 Å². The molecule has 1 aromatic carbocycles. The molecule has 0 aromatic heterocycles. The molecule has 0 N–H and O–H groups in total. The summed E-state index contributed by atoms with van der Waals surface area (Å²) in [7, 11) is 1.64. The van der Waals surface area contributed by atoms with Crippen molar-refractivity contribution in [3.05, 3.63) is 23.3 Å². The molecule has 0 fully saturated rings. The lowest BCUT2D eigenvalue weighted by Gasteiger charge is -2.10. The van der Waals surface area contributed by atoms with Crippen LogP contribution in [0.2, 0.25) is 0 Å². The van der Waals surface area contributed by atoms with Gasteiger partial charge in [-0.05, 0) is 18.1 Å². The lowest BCUT2D eigenvalue weighted by molar-refractivity contribution is -0.107. The van der Waals surface area contributed by atoms with Gasteiger partial charge in [-0.2, -0.15) is 0 Å². The summed E-state index contributed by atoms with van der Waals surface area (Å²) in [5, 5.41) is 0. The summed E-state index contributed by atoms with van der Waals surface area (Å²) in [5.74, 6) is 1.51. The van der Waals surface area contributed by atoms with Crippen molar-refractivity contribution in [2.75, 3.05) is 13.9 Å². The number of methoxy groups -OCH3 is 1. The first-order valence-corrected chi connectivity index (χ1v) is 5.19. The highest BCUT2D eigenvalue weighted by Crippen LogP contribution is 2.38. The number of aldehydes is 1. The third kappa shape index (κ3) is 2.02. The van der Waals surface area contributed by atoms with Crippen molar-refractivity contribution >= 4 is 6.29 Å². The van der Waals surface area contributed by atoms with Crippen LogP contribution in [0, 0.1) is 0 Å². The molecule has 2 rings (SSSR count). The number of ether oxygens (including phenoxy) is 3. The van der Waals surface area contributed by atoms with Gasteiger partial charge in [-0.15, -0.1) is 0 Å². The molecule has 4 heteroatoms. The van der Waals surface area contributed by atoms with Crippen LogP contribution in [0.1, 0.15) is 17.5 Å². The van der Waals surface area contributed by atoms with Crippen molar-refractivity contribution in [3.63, 3.8) is 0 Å². The number of carbonyl (C=O) groups excluding carboxylic acids is 1. The Morgan fingerprint density at radius 2 is 2.31 bits per heavy atom. The molecule has 86 valence electrons. The maximum absolute atomic E-state index is 10.4. The summed E-state index contributed by atoms with van der Waals surface area (Å²) in [6, 6.07) is 3.84. The van der Waals surface area contributed by atoms with E-state index in [1.54, 1.807) is 7.11 Å². The SMILES string of the molecule is COCc1c(CCC=O)ccc2c1OCO2. The second kappa shape index (κ2) is 4.99. The molecule has 0 saturated carbocycles. The van der Waals surface area contributed by atoms with E-state index in [-0.39, 0.29) is 6.79 Å². The van der Waals surface area contributed by atoms with Crippen LogP contribution in [-0.2, 0) is 22.6 Å². The third-order valence-electron chi connectivity index (χ3n) is 2.56. The van der Waals surface area contributed by atoms with Crippen molar-refractivity contribution in [1.29, 1.82) is 0 Å². The Kier molecular flexibility index (Phi) is 3.41. The number of carbonyl (C=O) groups is 1. The number of hydrogen-bond acceptors (Lipinski definition) is 4. The van der Waals surface area contributed by atoms with Gasteiger partial charge >= 0.3 is 0 Å². The standard InChI is InChI=1S/C12H14O4/c1-14-7-10-9(3-2-6-13)4-5-11-12(10)16-8-15-11/h4-6H,2-3,7-8H2,1H3. The lowest BCUT2D eigenvalue weighted by atomic mass is 10.0. The van der Waals surface area contributed by atoms with Gasteiger partial charge in [-0.3, -0.25) is 0 Å². The average molecular weight is 222 g/mol. The van der Waals surface area contributed by atoms with Crippen molar-refractivity contribution in [2.24, 2.45) is 0 Å². The summed E-state index contributed by atoms with van der Waals surface area (Å²) < 4.78 is 15.9. The van der Waals surface area contributed by atoms with Crippen LogP contribution in [0.15, 0.2) is 12.1 Å². The normalized spacial score (nSPS) is 12.8. The van der Waals surface area contributed by atoms with Crippen LogP contribution < -0.4 is 9.47 Å². The second-order valence-electron chi connectivity index (χ2n) is 3.58. The molecular formula is C12H14O4. The van der Waals surface area contributed by atoms with Crippen LogP contribution in [0.25, 0.3) is 0 Å². The van der Waals surface area contributed by atoms with Crippen molar-refractivity contribution in [3.8, 4) is 11.5 Å². The Labute approximate surface area is 94.1 Å². The van der Waals surface area contributed by atoms with E-state index in [2.05, 4.69) is 0 Å². The number of rotatable bonds is 5. The fourth-order valence-corrected chi connectivity index (χ4v) is 1.82. The Morgan fingerprint density at radius 1 is 1.44 bits per heavy atom. The molecule has 16 heavy (non-hydrogen) atoms. The second-order valence-corrected chi connectivity index (χ2v) is 3.58. The maximum Gasteiger partial charge on any atom is 0.231 e. The molecule has 0 radical (unpaired) electrons. The number of benzene rings is 1. The smallest absolute Gasteiger partial charge is 0.231 e. The zero-order chi connectivity index (χ0) is 11.4. The number of aryl methyl sites for hydroxylation is 1. The molecular weight excluding hydrogens is 208 g/mol. The highest BCUT2D eigenvalue weighted by atomic mass is 16.7. The zero-order valence-electron chi connectivity index (χ0n) is 9.19. The molecule has 4 nitrogen and oxygen atoms in total. The van der Waals surface area contributed by atoms with Gasteiger partial charge in [0.25, 0.3) is 0 Å². The maximum atomic E-state index is 10.4. The van der Waals surface area contributed by atoms with Gasteiger partial charge < -0.3 is 19.0 Å². The fourth-order valence-electron chi connectivity index (χ4n) is 1.82. The van der Waals surface area contributed by atoms with E-state index in [1.807, 2.05) is 12.1 Å². The van der Waals surface area contributed by atoms with E-state index in [4.69, 9.17) is 14.2 Å². The average Bonchev–Trinajstić information content (AvgIpc) is 2.76. The summed E-state index contributed by atoms with van der Waals surface area (Å²) in [4.78, 5) is 10.4. The molecule has 1 aromatic rings. The minimum Gasteiger partial charge on any atom is -0.454 e. The topological polar surface area (TPSA) is 44.8 Å². The molecule has 1 heterocycles. The highest BCUT2D eigenvalue weighted by Gasteiger charge is 2.20. The number of hydrogen-bond donors (Lipinski definition) is 0. The Balaban J connectivity index is 2.32. The van der Waals surface area contributed by atoms with Gasteiger partial charge in [-0.1, -0.05) is 6.07 Å². The quantitative estimate of drug-likeness (QED) is 0.711. The third-order valence-corrected chi connectivity index (χ3v) is 2.56. The van der Waals surface area contributed by atoms with E-state index in [1.165, 1.54) is 0 Å². The molecule has 1 aliphatic heterocycles. The van der Waals surface area contributed by atoms with Crippen LogP contribution in [-0.4, -0.2) is 20.2 Å². The Hall–Kier alpha value is -1.55. The first-order valence-electron chi connectivity index (χ1n) is 5.19. The molecule has 0 spiro atoms. The summed E-state index contributed by atoms with van der Waals surface area (Å²) in [6.07, 6.45) is 2.14.